The molecule has 3 atom stereocenters. The van der Waals surface area contributed by atoms with Crippen molar-refractivity contribution in [3.8, 4) is 17.5 Å². The number of imidazole rings is 1. The minimum Gasteiger partial charge on any atom is -0.471 e. The molecule has 11 nitrogen and oxygen atoms in total. The predicted molar refractivity (Wildman–Crippen MR) is 163 cm³/mol. The van der Waals surface area contributed by atoms with Crippen LogP contribution in [0.2, 0.25) is 0 Å². The number of hydrogen-bond donors (Lipinski definition) is 0. The van der Waals surface area contributed by atoms with Gasteiger partial charge in [0.15, 0.2) is 11.2 Å². The first-order valence-electron chi connectivity index (χ1n) is 17.0. The number of hydrogen-bond acceptors (Lipinski definition) is 9. The molecule has 3 aromatic heterocycles. The number of ketones is 1. The third kappa shape index (κ3) is 4.10. The predicted octanol–water partition coefficient (Wildman–Crippen LogP) is 4.73. The van der Waals surface area contributed by atoms with Gasteiger partial charge in [-0.2, -0.15) is 4.98 Å². The first-order chi connectivity index (χ1) is 21.5. The van der Waals surface area contributed by atoms with E-state index in [-0.39, 0.29) is 29.2 Å². The molecule has 6 heterocycles. The second kappa shape index (κ2) is 10.8. The second-order valence-electron chi connectivity index (χ2n) is 13.8. The lowest BCUT2D eigenvalue weighted by atomic mass is 9.64. The van der Waals surface area contributed by atoms with E-state index in [1.54, 1.807) is 9.13 Å². The number of nitrogens with zero attached hydrogens (tertiary/aromatic N) is 6. The quantitative estimate of drug-likeness (QED) is 0.393. The van der Waals surface area contributed by atoms with Crippen molar-refractivity contribution >= 4 is 16.9 Å². The van der Waals surface area contributed by atoms with E-state index in [9.17, 15) is 9.59 Å². The molecule has 1 saturated carbocycles. The van der Waals surface area contributed by atoms with Crippen LogP contribution in [0.5, 0.6) is 5.88 Å². The highest BCUT2D eigenvalue weighted by atomic mass is 16.5. The number of carbonyl (C=O) groups is 1. The van der Waals surface area contributed by atoms with Crippen LogP contribution < -0.4 is 10.4 Å². The third-order valence-electron chi connectivity index (χ3n) is 11.6. The minimum atomic E-state index is -0.563. The average molecular weight is 605 g/mol. The molecule has 3 aromatic rings. The summed E-state index contributed by atoms with van der Waals surface area (Å²) in [4.78, 5) is 40.1. The number of fused-ring (bicyclic) bond motifs is 4. The molecule has 11 heteroatoms. The molecule has 0 bridgehead atoms. The molecule has 0 amide bonds. The largest absolute Gasteiger partial charge is 0.471 e. The molecule has 236 valence electrons. The van der Waals surface area contributed by atoms with Crippen molar-refractivity contribution in [2.45, 2.75) is 127 Å². The highest BCUT2D eigenvalue weighted by Crippen LogP contribution is 2.48. The summed E-state index contributed by atoms with van der Waals surface area (Å²) in [5.74, 6) is 1.58. The van der Waals surface area contributed by atoms with Gasteiger partial charge in [-0.3, -0.25) is 18.8 Å². The molecule has 44 heavy (non-hydrogen) atoms. The van der Waals surface area contributed by atoms with Crippen molar-refractivity contribution < 1.29 is 18.8 Å². The van der Waals surface area contributed by atoms with E-state index in [0.717, 1.165) is 88.6 Å². The van der Waals surface area contributed by atoms with E-state index >= 15 is 0 Å². The number of aryl methyl sites for hydroxylation is 1. The van der Waals surface area contributed by atoms with Gasteiger partial charge in [-0.25, -0.2) is 9.78 Å². The molecule has 4 fully saturated rings. The van der Waals surface area contributed by atoms with E-state index in [0.29, 0.717) is 54.8 Å². The lowest BCUT2D eigenvalue weighted by molar-refractivity contribution is -0.127. The van der Waals surface area contributed by atoms with Crippen molar-refractivity contribution in [3.05, 3.63) is 21.7 Å². The summed E-state index contributed by atoms with van der Waals surface area (Å²) >= 11 is 0. The zero-order valence-electron chi connectivity index (χ0n) is 26.1. The number of ether oxygens (including phenoxy) is 2. The number of aromatic nitrogens is 5. The van der Waals surface area contributed by atoms with Gasteiger partial charge in [-0.05, 0) is 97.6 Å². The monoisotopic (exact) mass is 604 g/mol. The van der Waals surface area contributed by atoms with Crippen molar-refractivity contribution in [2.75, 3.05) is 26.3 Å². The number of Topliss-reactive ketones (excluding diaryl/α,β-unsaturated/α-hetero) is 1. The normalized spacial score (nSPS) is 27.6. The Hall–Kier alpha value is -3.05. The lowest BCUT2D eigenvalue weighted by Gasteiger charge is -2.37. The Kier molecular flexibility index (Phi) is 6.97. The van der Waals surface area contributed by atoms with Crippen LogP contribution in [0.1, 0.15) is 108 Å². The van der Waals surface area contributed by atoms with Crippen LogP contribution in [0.4, 0.5) is 0 Å². The fourth-order valence-corrected chi connectivity index (χ4v) is 9.35. The van der Waals surface area contributed by atoms with Crippen molar-refractivity contribution in [1.82, 2.24) is 29.2 Å². The summed E-state index contributed by atoms with van der Waals surface area (Å²) in [6.07, 6.45) is 12.0. The highest BCUT2D eigenvalue weighted by Gasteiger charge is 2.50. The van der Waals surface area contributed by atoms with Crippen LogP contribution in [-0.2, 0) is 27.9 Å². The summed E-state index contributed by atoms with van der Waals surface area (Å²) in [5.41, 5.74) is 2.19. The van der Waals surface area contributed by atoms with Gasteiger partial charge < -0.3 is 14.0 Å². The van der Waals surface area contributed by atoms with Gasteiger partial charge in [0.1, 0.15) is 17.6 Å². The fourth-order valence-electron chi connectivity index (χ4n) is 9.35. The van der Waals surface area contributed by atoms with Gasteiger partial charge in [-0.15, -0.1) is 0 Å². The van der Waals surface area contributed by atoms with Crippen molar-refractivity contribution in [2.24, 2.45) is 0 Å². The van der Waals surface area contributed by atoms with Crippen molar-refractivity contribution in [3.63, 3.8) is 0 Å². The van der Waals surface area contributed by atoms with Crippen molar-refractivity contribution in [1.29, 1.82) is 0 Å². The van der Waals surface area contributed by atoms with E-state index in [2.05, 4.69) is 17.0 Å². The molecule has 0 aromatic carbocycles. The van der Waals surface area contributed by atoms with Gasteiger partial charge in [0.05, 0.1) is 23.6 Å². The minimum absolute atomic E-state index is 0.0202. The fraction of sp³-hybridized carbons (Fsp3) is 0.727. The Morgan fingerprint density at radius 2 is 1.82 bits per heavy atom. The van der Waals surface area contributed by atoms with Crippen LogP contribution in [0.15, 0.2) is 9.32 Å². The standard InChI is InChI=1S/C33H44N6O5/c1-3-38-25-29(39(31(38)41)22-10-7-19-42-20-22)34-28(35-30(25)43-21(2)33-15-8-17-37(33)18-9-16-33)26-23-11-6-14-32(27(23)36-44-26)13-5-4-12-24(32)40/h21-22H,3-20H2,1-2H3/t21-,22+,32+/m0/s1. The van der Waals surface area contributed by atoms with Crippen LogP contribution in [-0.4, -0.2) is 72.9 Å². The van der Waals surface area contributed by atoms with Gasteiger partial charge in [0.2, 0.25) is 17.5 Å². The molecular weight excluding hydrogens is 560 g/mol. The van der Waals surface area contributed by atoms with Crippen LogP contribution in [0.25, 0.3) is 22.7 Å². The number of rotatable bonds is 6. The van der Waals surface area contributed by atoms with Gasteiger partial charge >= 0.3 is 5.69 Å². The molecule has 3 aliphatic heterocycles. The van der Waals surface area contributed by atoms with E-state index < -0.39 is 5.41 Å². The molecule has 5 aliphatic rings. The highest BCUT2D eigenvalue weighted by molar-refractivity contribution is 5.91. The average Bonchev–Trinajstić information content (AvgIpc) is 3.80. The summed E-state index contributed by atoms with van der Waals surface area (Å²) in [7, 11) is 0. The molecule has 1 spiro atoms. The zero-order chi connectivity index (χ0) is 30.1. The van der Waals surface area contributed by atoms with Crippen LogP contribution in [0, 0.1) is 0 Å². The molecule has 8 rings (SSSR count). The molecule has 3 saturated heterocycles. The Morgan fingerprint density at radius 1 is 1.00 bits per heavy atom. The van der Waals surface area contributed by atoms with E-state index in [4.69, 9.17) is 24.0 Å². The van der Waals surface area contributed by atoms with E-state index in [1.165, 1.54) is 12.8 Å². The first kappa shape index (κ1) is 28.4. The topological polar surface area (TPSA) is 118 Å². The number of carbonyl (C=O) groups excluding carboxylic acids is 1. The summed E-state index contributed by atoms with van der Waals surface area (Å²) in [6.45, 7) is 7.98. The first-order valence-corrected chi connectivity index (χ1v) is 17.0. The Bertz CT molecular complexity index is 1640. The second-order valence-corrected chi connectivity index (χ2v) is 13.8. The van der Waals surface area contributed by atoms with Gasteiger partial charge in [0.25, 0.3) is 0 Å². The Labute approximate surface area is 257 Å². The maximum Gasteiger partial charge on any atom is 0.330 e. The van der Waals surface area contributed by atoms with Crippen LogP contribution in [0.3, 0.4) is 0 Å². The van der Waals surface area contributed by atoms with E-state index in [1.807, 2.05) is 6.92 Å². The molecule has 0 N–H and O–H groups in total. The smallest absolute Gasteiger partial charge is 0.330 e. The van der Waals surface area contributed by atoms with Gasteiger partial charge in [0, 0.05) is 25.1 Å². The Morgan fingerprint density at radius 3 is 2.57 bits per heavy atom. The van der Waals surface area contributed by atoms with Gasteiger partial charge in [-0.1, -0.05) is 11.6 Å². The summed E-state index contributed by atoms with van der Waals surface area (Å²) < 4.78 is 22.4. The molecule has 2 aliphatic carbocycles. The molecule has 0 radical (unpaired) electrons. The molecule has 0 unspecified atom stereocenters. The van der Waals surface area contributed by atoms with Crippen LogP contribution >= 0.6 is 0 Å². The maximum absolute atomic E-state index is 14.0. The lowest BCUT2D eigenvalue weighted by Crippen LogP contribution is -2.50. The summed E-state index contributed by atoms with van der Waals surface area (Å²) in [6, 6.07) is -0.120. The maximum atomic E-state index is 14.0. The zero-order valence-corrected chi connectivity index (χ0v) is 26.1. The SMILES string of the molecule is CCn1c(=O)n([C@@H]2CCCOC2)c2nc(-c3onc4c3CCC[C@@]43CCCCC3=O)nc(O[C@@H](C)C34CCCN3CCC4)c21. The molecular formula is C33H44N6O5. The third-order valence-corrected chi connectivity index (χ3v) is 11.6. The Balaban J connectivity index is 1.30. The summed E-state index contributed by atoms with van der Waals surface area (Å²) in [5, 5.41) is 4.57.